The van der Waals surface area contributed by atoms with Crippen molar-refractivity contribution in [2.75, 3.05) is 11.4 Å². The van der Waals surface area contributed by atoms with E-state index in [1.807, 2.05) is 32.0 Å². The van der Waals surface area contributed by atoms with Gasteiger partial charge in [0, 0.05) is 32.0 Å². The van der Waals surface area contributed by atoms with Crippen LogP contribution in [0.15, 0.2) is 28.8 Å². The molecule has 1 atom stereocenters. The smallest absolute Gasteiger partial charge is 0.250 e. The van der Waals surface area contributed by atoms with E-state index in [0.717, 1.165) is 23.8 Å². The number of aromatic nitrogens is 2. The van der Waals surface area contributed by atoms with E-state index in [0.29, 0.717) is 32.4 Å². The fourth-order valence-electron chi connectivity index (χ4n) is 3.16. The first-order valence-corrected chi connectivity index (χ1v) is 8.76. The molecule has 0 saturated carbocycles. The molecule has 2 aromatic heterocycles. The summed E-state index contributed by atoms with van der Waals surface area (Å²) < 4.78 is 7.26. The van der Waals surface area contributed by atoms with Gasteiger partial charge in [0.1, 0.15) is 23.4 Å². The summed E-state index contributed by atoms with van der Waals surface area (Å²) in [7, 11) is 0. The van der Waals surface area contributed by atoms with E-state index in [1.54, 1.807) is 15.8 Å². The Balaban J connectivity index is 1.58. The van der Waals surface area contributed by atoms with Gasteiger partial charge in [-0.25, -0.2) is 4.68 Å². The van der Waals surface area contributed by atoms with Gasteiger partial charge in [-0.1, -0.05) is 0 Å². The lowest BCUT2D eigenvalue weighted by atomic mass is 10.0. The number of nitrogens with zero attached hydrogens (tertiary/aromatic N) is 3. The number of anilines is 1. The largest absolute Gasteiger partial charge is 0.466 e. The molecule has 1 N–H and O–H groups in total. The number of rotatable bonds is 6. The summed E-state index contributed by atoms with van der Waals surface area (Å²) in [6.07, 6.45) is 4.06. The third-order valence-electron chi connectivity index (χ3n) is 4.44. The molecule has 2 amide bonds. The van der Waals surface area contributed by atoms with Crippen LogP contribution in [0, 0.1) is 6.92 Å². The average molecular weight is 344 g/mol. The highest BCUT2D eigenvalue weighted by molar-refractivity contribution is 5.99. The van der Waals surface area contributed by atoms with E-state index in [4.69, 9.17) is 4.42 Å². The molecule has 25 heavy (non-hydrogen) atoms. The summed E-state index contributed by atoms with van der Waals surface area (Å²) >= 11 is 0. The number of aryl methyl sites for hydroxylation is 3. The lowest BCUT2D eigenvalue weighted by molar-refractivity contribution is -0.128. The first-order chi connectivity index (χ1) is 12.1. The van der Waals surface area contributed by atoms with Crippen molar-refractivity contribution in [3.63, 3.8) is 0 Å². The van der Waals surface area contributed by atoms with E-state index in [1.165, 1.54) is 0 Å². The summed E-state index contributed by atoms with van der Waals surface area (Å²) in [4.78, 5) is 26.7. The highest BCUT2D eigenvalue weighted by Crippen LogP contribution is 2.21. The zero-order chi connectivity index (χ0) is 17.8. The zero-order valence-corrected chi connectivity index (χ0v) is 14.7. The topological polar surface area (TPSA) is 80.4 Å². The Labute approximate surface area is 147 Å². The Kier molecular flexibility index (Phi) is 5.21. The number of amides is 2. The fraction of sp³-hybridized carbons (Fsp3) is 0.500. The van der Waals surface area contributed by atoms with Gasteiger partial charge >= 0.3 is 0 Å². The van der Waals surface area contributed by atoms with Crippen molar-refractivity contribution in [2.24, 2.45) is 0 Å². The maximum absolute atomic E-state index is 12.8. The number of hydrogen-bond donors (Lipinski definition) is 1. The molecule has 7 heteroatoms. The Bertz CT molecular complexity index is 749. The molecule has 1 fully saturated rings. The number of furan rings is 1. The summed E-state index contributed by atoms with van der Waals surface area (Å²) in [6, 6.07) is 5.12. The van der Waals surface area contributed by atoms with Crippen LogP contribution in [0.5, 0.6) is 0 Å². The molecule has 3 heterocycles. The predicted molar refractivity (Wildman–Crippen MR) is 93.2 cm³/mol. The van der Waals surface area contributed by atoms with Crippen LogP contribution in [0.4, 0.5) is 5.82 Å². The third-order valence-corrected chi connectivity index (χ3v) is 4.44. The molecule has 134 valence electrons. The summed E-state index contributed by atoms with van der Waals surface area (Å²) in [5.74, 6) is 2.22. The molecule has 0 aliphatic carbocycles. The summed E-state index contributed by atoms with van der Waals surface area (Å²) in [6.45, 7) is 5.22. The number of piperidine rings is 1. The molecule has 0 radical (unpaired) electrons. The van der Waals surface area contributed by atoms with Gasteiger partial charge in [-0.3, -0.25) is 14.5 Å². The first-order valence-electron chi connectivity index (χ1n) is 8.76. The minimum Gasteiger partial charge on any atom is -0.466 e. The molecule has 0 aromatic carbocycles. The molecule has 0 bridgehead atoms. The van der Waals surface area contributed by atoms with Crippen LogP contribution in [0.1, 0.15) is 37.7 Å². The Morgan fingerprint density at radius 1 is 1.40 bits per heavy atom. The van der Waals surface area contributed by atoms with E-state index in [2.05, 4.69) is 10.4 Å². The molecule has 1 saturated heterocycles. The second kappa shape index (κ2) is 7.55. The lowest BCUT2D eigenvalue weighted by Crippen LogP contribution is -2.53. The van der Waals surface area contributed by atoms with Crippen molar-refractivity contribution in [3.05, 3.63) is 35.9 Å². The number of carbonyl (C=O) groups is 2. The number of hydrogen-bond acceptors (Lipinski definition) is 4. The maximum atomic E-state index is 12.8. The van der Waals surface area contributed by atoms with Crippen molar-refractivity contribution in [3.8, 4) is 0 Å². The standard InChI is InChI=1S/C18H24N4O3/c1-3-22-17(10-11-19-22)21-12-4-5-15(18(21)24)20-16(23)9-8-14-7-6-13(2)25-14/h6-7,10-11,15H,3-5,8-9,12H2,1-2H3,(H,20,23)/t15-/m1/s1. The van der Waals surface area contributed by atoms with Gasteiger partial charge in [0.25, 0.3) is 5.91 Å². The van der Waals surface area contributed by atoms with E-state index >= 15 is 0 Å². The van der Waals surface area contributed by atoms with Gasteiger partial charge in [-0.05, 0) is 38.8 Å². The molecule has 0 spiro atoms. The van der Waals surface area contributed by atoms with Crippen LogP contribution in [0.3, 0.4) is 0 Å². The van der Waals surface area contributed by atoms with Gasteiger partial charge < -0.3 is 9.73 Å². The minimum absolute atomic E-state index is 0.0661. The Morgan fingerprint density at radius 2 is 2.24 bits per heavy atom. The zero-order valence-electron chi connectivity index (χ0n) is 14.7. The molecule has 3 rings (SSSR count). The predicted octanol–water partition coefficient (Wildman–Crippen LogP) is 2.05. The monoisotopic (exact) mass is 344 g/mol. The highest BCUT2D eigenvalue weighted by atomic mass is 16.3. The summed E-state index contributed by atoms with van der Waals surface area (Å²) in [5, 5.41) is 7.09. The van der Waals surface area contributed by atoms with Gasteiger partial charge in [-0.15, -0.1) is 0 Å². The van der Waals surface area contributed by atoms with Gasteiger partial charge in [0.2, 0.25) is 5.91 Å². The Hall–Kier alpha value is -2.57. The third kappa shape index (κ3) is 3.92. The molecular weight excluding hydrogens is 320 g/mol. The molecule has 2 aromatic rings. The minimum atomic E-state index is -0.472. The van der Waals surface area contributed by atoms with E-state index < -0.39 is 6.04 Å². The van der Waals surface area contributed by atoms with Crippen LogP contribution < -0.4 is 10.2 Å². The van der Waals surface area contributed by atoms with Crippen LogP contribution in [-0.2, 0) is 22.6 Å². The lowest BCUT2D eigenvalue weighted by Gasteiger charge is -2.32. The van der Waals surface area contributed by atoms with Gasteiger partial charge in [0.15, 0.2) is 0 Å². The molecule has 7 nitrogen and oxygen atoms in total. The quantitative estimate of drug-likeness (QED) is 0.870. The van der Waals surface area contributed by atoms with Crippen molar-refractivity contribution in [2.45, 2.75) is 52.1 Å². The normalized spacial score (nSPS) is 17.8. The number of carbonyl (C=O) groups excluding carboxylic acids is 2. The van der Waals surface area contributed by atoms with E-state index in [9.17, 15) is 9.59 Å². The summed E-state index contributed by atoms with van der Waals surface area (Å²) in [5.41, 5.74) is 0. The SMILES string of the molecule is CCn1nccc1N1CCC[C@@H](NC(=O)CCc2ccc(C)o2)C1=O. The van der Waals surface area contributed by atoms with E-state index in [-0.39, 0.29) is 11.8 Å². The molecule has 0 unspecified atom stereocenters. The second-order valence-electron chi connectivity index (χ2n) is 6.27. The number of nitrogens with one attached hydrogen (secondary N) is 1. The fourth-order valence-corrected chi connectivity index (χ4v) is 3.16. The van der Waals surface area contributed by atoms with Crippen LogP contribution in [0.2, 0.25) is 0 Å². The van der Waals surface area contributed by atoms with Gasteiger partial charge in [0.05, 0.1) is 6.20 Å². The Morgan fingerprint density at radius 3 is 2.96 bits per heavy atom. The highest BCUT2D eigenvalue weighted by Gasteiger charge is 2.32. The second-order valence-corrected chi connectivity index (χ2v) is 6.27. The van der Waals surface area contributed by atoms with Crippen LogP contribution in [-0.4, -0.2) is 34.2 Å². The van der Waals surface area contributed by atoms with Crippen molar-refractivity contribution < 1.29 is 14.0 Å². The molecule has 1 aliphatic heterocycles. The average Bonchev–Trinajstić information content (AvgIpc) is 3.23. The van der Waals surface area contributed by atoms with Gasteiger partial charge in [-0.2, -0.15) is 5.10 Å². The van der Waals surface area contributed by atoms with Crippen molar-refractivity contribution in [1.82, 2.24) is 15.1 Å². The maximum Gasteiger partial charge on any atom is 0.250 e. The van der Waals surface area contributed by atoms with Crippen LogP contribution >= 0.6 is 0 Å². The van der Waals surface area contributed by atoms with Crippen LogP contribution in [0.25, 0.3) is 0 Å². The molecule has 1 aliphatic rings. The molecular formula is C18H24N4O3. The first kappa shape index (κ1) is 17.3. The van der Waals surface area contributed by atoms with Crippen molar-refractivity contribution >= 4 is 17.6 Å². The van der Waals surface area contributed by atoms with Crippen molar-refractivity contribution in [1.29, 1.82) is 0 Å².